The third-order valence-electron chi connectivity index (χ3n) is 0.600. The fourth-order valence-corrected chi connectivity index (χ4v) is 0.272. The van der Waals surface area contributed by atoms with Crippen LogP contribution in [0, 0.1) is 0 Å². The summed E-state index contributed by atoms with van der Waals surface area (Å²) in [7, 11) is 0. The number of nitrogens with two attached hydrogens (primary N) is 1. The van der Waals surface area contributed by atoms with Crippen molar-refractivity contribution in [3.63, 3.8) is 0 Å². The van der Waals surface area contributed by atoms with Crippen molar-refractivity contribution in [3.8, 4) is 0 Å². The van der Waals surface area contributed by atoms with Gasteiger partial charge in [-0.05, 0) is 19.9 Å². The second-order valence-corrected chi connectivity index (χ2v) is 1.56. The zero-order valence-electron chi connectivity index (χ0n) is 5.33. The summed E-state index contributed by atoms with van der Waals surface area (Å²) in [5.41, 5.74) is 5.30. The third kappa shape index (κ3) is 5.37. The molecule has 0 saturated heterocycles. The van der Waals surface area contributed by atoms with E-state index < -0.39 is 0 Å². The lowest BCUT2D eigenvalue weighted by Crippen LogP contribution is -2.10. The van der Waals surface area contributed by atoms with E-state index in [2.05, 4.69) is 4.99 Å². The van der Waals surface area contributed by atoms with Crippen molar-refractivity contribution < 1.29 is 0 Å². The molecule has 0 aromatic heterocycles. The molecular formula is C6H12N2. The predicted molar refractivity (Wildman–Crippen MR) is 37.0 cm³/mol. The van der Waals surface area contributed by atoms with E-state index in [1.54, 1.807) is 6.21 Å². The molecule has 2 nitrogen and oxygen atoms in total. The monoisotopic (exact) mass is 112 g/mol. The van der Waals surface area contributed by atoms with Crippen LogP contribution < -0.4 is 5.73 Å². The molecule has 0 radical (unpaired) electrons. The van der Waals surface area contributed by atoms with E-state index in [-0.39, 0.29) is 6.17 Å². The first-order valence-corrected chi connectivity index (χ1v) is 2.67. The second kappa shape index (κ2) is 4.53. The number of nitrogens with zero attached hydrogens (tertiary/aromatic N) is 1. The largest absolute Gasteiger partial charge is 0.310 e. The first-order chi connectivity index (χ1) is 3.77. The van der Waals surface area contributed by atoms with Gasteiger partial charge in [0.25, 0.3) is 0 Å². The molecule has 8 heavy (non-hydrogen) atoms. The molecule has 0 aliphatic rings. The van der Waals surface area contributed by atoms with Crippen molar-refractivity contribution >= 4 is 6.21 Å². The van der Waals surface area contributed by atoms with Crippen molar-refractivity contribution in [1.29, 1.82) is 0 Å². The summed E-state index contributed by atoms with van der Waals surface area (Å²) in [6.45, 7) is 3.77. The van der Waals surface area contributed by atoms with Crippen LogP contribution in [0.1, 0.15) is 13.8 Å². The van der Waals surface area contributed by atoms with E-state index in [1.165, 1.54) is 0 Å². The molecule has 0 aromatic carbocycles. The highest BCUT2D eigenvalue weighted by Crippen LogP contribution is 1.73. The van der Waals surface area contributed by atoms with Gasteiger partial charge in [-0.15, -0.1) is 0 Å². The fourth-order valence-electron chi connectivity index (χ4n) is 0.272. The lowest BCUT2D eigenvalue weighted by Gasteiger charge is -1.89. The molecule has 0 rings (SSSR count). The van der Waals surface area contributed by atoms with Crippen LogP contribution in [0.3, 0.4) is 0 Å². The Hall–Kier alpha value is -0.630. The number of rotatable bonds is 2. The lowest BCUT2D eigenvalue weighted by atomic mass is 10.5. The van der Waals surface area contributed by atoms with E-state index in [0.29, 0.717) is 0 Å². The topological polar surface area (TPSA) is 38.4 Å². The van der Waals surface area contributed by atoms with E-state index in [9.17, 15) is 0 Å². The normalized spacial score (nSPS) is 15.9. The molecule has 0 bridgehead atoms. The average Bonchev–Trinajstić information content (AvgIpc) is 1.66. The molecule has 0 heterocycles. The van der Waals surface area contributed by atoms with E-state index >= 15 is 0 Å². The Bertz CT molecular complexity index is 92.7. The van der Waals surface area contributed by atoms with Crippen molar-refractivity contribution in [1.82, 2.24) is 0 Å². The minimum atomic E-state index is -0.0776. The van der Waals surface area contributed by atoms with Gasteiger partial charge < -0.3 is 5.73 Å². The minimum absolute atomic E-state index is 0.0776. The van der Waals surface area contributed by atoms with Gasteiger partial charge in [0, 0.05) is 6.21 Å². The van der Waals surface area contributed by atoms with Crippen LogP contribution in [0.15, 0.2) is 17.1 Å². The highest BCUT2D eigenvalue weighted by Gasteiger charge is 1.77. The summed E-state index contributed by atoms with van der Waals surface area (Å²) in [6.07, 6.45) is 5.38. The third-order valence-corrected chi connectivity index (χ3v) is 0.600. The molecule has 0 saturated carbocycles. The van der Waals surface area contributed by atoms with Crippen LogP contribution in [0.4, 0.5) is 0 Å². The van der Waals surface area contributed by atoms with Crippen molar-refractivity contribution in [2.24, 2.45) is 10.7 Å². The molecule has 0 fully saturated rings. The highest BCUT2D eigenvalue weighted by atomic mass is 14.9. The van der Waals surface area contributed by atoms with Gasteiger partial charge in [-0.3, -0.25) is 4.99 Å². The minimum Gasteiger partial charge on any atom is -0.310 e. The van der Waals surface area contributed by atoms with Crippen LogP contribution in [-0.2, 0) is 0 Å². The maximum atomic E-state index is 5.30. The van der Waals surface area contributed by atoms with Crippen LogP contribution >= 0.6 is 0 Å². The molecule has 0 aromatic rings. The first kappa shape index (κ1) is 7.37. The quantitative estimate of drug-likeness (QED) is 0.530. The Morgan fingerprint density at radius 3 is 2.62 bits per heavy atom. The summed E-state index contributed by atoms with van der Waals surface area (Å²) >= 11 is 0. The second-order valence-electron chi connectivity index (χ2n) is 1.56. The molecule has 2 N–H and O–H groups in total. The van der Waals surface area contributed by atoms with Gasteiger partial charge in [0.1, 0.15) is 0 Å². The maximum Gasteiger partial charge on any atom is 0.0940 e. The Kier molecular flexibility index (Phi) is 4.17. The van der Waals surface area contributed by atoms with E-state index in [1.807, 2.05) is 26.0 Å². The number of hydrogen-bond acceptors (Lipinski definition) is 2. The van der Waals surface area contributed by atoms with Gasteiger partial charge in [0.15, 0.2) is 0 Å². The zero-order chi connectivity index (χ0) is 6.41. The van der Waals surface area contributed by atoms with Gasteiger partial charge >= 0.3 is 0 Å². The summed E-state index contributed by atoms with van der Waals surface area (Å²) in [5, 5.41) is 0. The van der Waals surface area contributed by atoms with Crippen LogP contribution in [0.5, 0.6) is 0 Å². The van der Waals surface area contributed by atoms with Gasteiger partial charge in [0.2, 0.25) is 0 Å². The average molecular weight is 112 g/mol. The van der Waals surface area contributed by atoms with Gasteiger partial charge in [-0.2, -0.15) is 0 Å². The van der Waals surface area contributed by atoms with Gasteiger partial charge in [-0.25, -0.2) is 0 Å². The van der Waals surface area contributed by atoms with Crippen LogP contribution in [0.25, 0.3) is 0 Å². The molecular weight excluding hydrogens is 100 g/mol. The molecule has 1 atom stereocenters. The smallest absolute Gasteiger partial charge is 0.0940 e. The molecule has 0 aliphatic heterocycles. The van der Waals surface area contributed by atoms with Crippen molar-refractivity contribution in [2.75, 3.05) is 0 Å². The molecule has 0 amide bonds. The van der Waals surface area contributed by atoms with Crippen LogP contribution in [-0.4, -0.2) is 12.4 Å². The van der Waals surface area contributed by atoms with Crippen molar-refractivity contribution in [3.05, 3.63) is 12.2 Å². The molecule has 0 spiro atoms. The zero-order valence-corrected chi connectivity index (χ0v) is 5.33. The summed E-state index contributed by atoms with van der Waals surface area (Å²) in [4.78, 5) is 3.88. The standard InChI is InChI=1S/C6H12N2/c1-3-4-5-8-6(2)7/h3-6H,7H2,1-2H3/b4-3-,8-5-. The SMILES string of the molecule is C/C=C\C=N/C(C)N. The lowest BCUT2D eigenvalue weighted by molar-refractivity contribution is 0.797. The summed E-state index contributed by atoms with van der Waals surface area (Å²) in [5.74, 6) is 0. The molecule has 46 valence electrons. The number of hydrogen-bond donors (Lipinski definition) is 1. The first-order valence-electron chi connectivity index (χ1n) is 2.67. The Labute approximate surface area is 50.1 Å². The van der Waals surface area contributed by atoms with E-state index in [4.69, 9.17) is 5.73 Å². The Balaban J connectivity index is 3.34. The summed E-state index contributed by atoms with van der Waals surface area (Å²) in [6, 6.07) is 0. The van der Waals surface area contributed by atoms with Crippen molar-refractivity contribution in [2.45, 2.75) is 20.0 Å². The molecule has 2 heteroatoms. The molecule has 0 aliphatic carbocycles. The number of aliphatic imine (C=N–C) groups is 1. The maximum absolute atomic E-state index is 5.30. The summed E-state index contributed by atoms with van der Waals surface area (Å²) < 4.78 is 0. The van der Waals surface area contributed by atoms with Gasteiger partial charge in [-0.1, -0.05) is 6.08 Å². The Morgan fingerprint density at radius 1 is 1.62 bits per heavy atom. The Morgan fingerprint density at radius 2 is 2.25 bits per heavy atom. The van der Waals surface area contributed by atoms with Crippen LogP contribution in [0.2, 0.25) is 0 Å². The number of allylic oxidation sites excluding steroid dienone is 2. The fraction of sp³-hybridized carbons (Fsp3) is 0.500. The molecule has 1 unspecified atom stereocenters. The predicted octanol–water partition coefficient (Wildman–Crippen LogP) is 0.938. The van der Waals surface area contributed by atoms with E-state index in [0.717, 1.165) is 0 Å². The highest BCUT2D eigenvalue weighted by molar-refractivity contribution is 5.70. The van der Waals surface area contributed by atoms with Gasteiger partial charge in [0.05, 0.1) is 6.17 Å².